The average Bonchev–Trinajstić information content (AvgIpc) is 2.94. The van der Waals surface area contributed by atoms with E-state index in [0.717, 1.165) is 33.7 Å². The molecule has 0 aliphatic carbocycles. The number of amides is 1. The van der Waals surface area contributed by atoms with Crippen LogP contribution < -0.4 is 10.2 Å². The molecule has 2 aliphatic heterocycles. The minimum atomic E-state index is -0.299. The second-order valence-corrected chi connectivity index (χ2v) is 8.21. The van der Waals surface area contributed by atoms with Gasteiger partial charge in [-0.05, 0) is 36.8 Å². The van der Waals surface area contributed by atoms with Crippen LogP contribution in [-0.2, 0) is 4.79 Å². The van der Waals surface area contributed by atoms with Gasteiger partial charge in [-0.1, -0.05) is 71.8 Å². The van der Waals surface area contributed by atoms with Gasteiger partial charge in [0.05, 0.1) is 18.3 Å². The lowest BCUT2D eigenvalue weighted by Crippen LogP contribution is -2.33. The van der Waals surface area contributed by atoms with Crippen molar-refractivity contribution in [2.75, 3.05) is 18.0 Å². The molecule has 2 aliphatic rings. The maximum Gasteiger partial charge on any atom is 0.275 e. The first-order valence-electron chi connectivity index (χ1n) is 10.4. The highest BCUT2D eigenvalue weighted by atomic mass is 35.5. The summed E-state index contributed by atoms with van der Waals surface area (Å²) in [6.45, 7) is 3.28. The van der Waals surface area contributed by atoms with Crippen LogP contribution in [0.4, 0.5) is 5.69 Å². The highest BCUT2D eigenvalue weighted by molar-refractivity contribution is 6.30. The molecule has 0 spiro atoms. The lowest BCUT2D eigenvalue weighted by Gasteiger charge is -2.28. The summed E-state index contributed by atoms with van der Waals surface area (Å²) in [5, 5.41) is 4.03. The van der Waals surface area contributed by atoms with E-state index in [1.807, 2.05) is 90.7 Å². The number of hydrogen-bond acceptors (Lipinski definition) is 3. The molecule has 0 saturated heterocycles. The molecule has 0 radical (unpaired) electrons. The smallest absolute Gasteiger partial charge is 0.275 e. The number of hydrogen-bond donors (Lipinski definition) is 1. The van der Waals surface area contributed by atoms with E-state index in [2.05, 4.69) is 5.32 Å². The molecule has 0 bridgehead atoms. The van der Waals surface area contributed by atoms with Crippen molar-refractivity contribution in [3.63, 3.8) is 0 Å². The van der Waals surface area contributed by atoms with Gasteiger partial charge in [-0.2, -0.15) is 0 Å². The third-order valence-corrected chi connectivity index (χ3v) is 5.97. The standard InChI is InChI=1S/C26H22ClN3O/c1-17-7-13-21(14-8-17)30-25(19-9-11-20(27)12-10-19)22-23(18-5-3-2-4-6-18)28-15-16-29-24(22)26(30)31/h2-14,25,29H,15-16H2,1H3/t25-/m1/s1. The molecule has 3 aromatic carbocycles. The largest absolute Gasteiger partial charge is 0.378 e. The number of anilines is 1. The fourth-order valence-corrected chi connectivity index (χ4v) is 4.37. The Morgan fingerprint density at radius 3 is 2.39 bits per heavy atom. The van der Waals surface area contributed by atoms with Crippen LogP contribution in [0.15, 0.2) is 95.1 Å². The number of carbonyl (C=O) groups is 1. The molecular weight excluding hydrogens is 406 g/mol. The fourth-order valence-electron chi connectivity index (χ4n) is 4.25. The lowest BCUT2D eigenvalue weighted by atomic mass is 9.91. The van der Waals surface area contributed by atoms with Crippen molar-refractivity contribution in [3.05, 3.63) is 112 Å². The van der Waals surface area contributed by atoms with Gasteiger partial charge in [0.2, 0.25) is 0 Å². The molecule has 1 atom stereocenters. The number of aryl methyl sites for hydroxylation is 1. The van der Waals surface area contributed by atoms with E-state index < -0.39 is 0 Å². The number of aliphatic imine (C=N–C) groups is 1. The maximum atomic E-state index is 13.7. The fraction of sp³-hybridized carbons (Fsp3) is 0.154. The van der Waals surface area contributed by atoms with E-state index in [9.17, 15) is 4.79 Å². The van der Waals surface area contributed by atoms with Crippen LogP contribution in [0.5, 0.6) is 0 Å². The number of rotatable bonds is 3. The van der Waals surface area contributed by atoms with Crippen LogP contribution in [0.3, 0.4) is 0 Å². The molecule has 5 heteroatoms. The Morgan fingerprint density at radius 2 is 1.68 bits per heavy atom. The Kier molecular flexibility index (Phi) is 5.08. The highest BCUT2D eigenvalue weighted by Crippen LogP contribution is 2.42. The van der Waals surface area contributed by atoms with E-state index in [4.69, 9.17) is 16.6 Å². The average molecular weight is 428 g/mol. The molecule has 0 saturated carbocycles. The van der Waals surface area contributed by atoms with Crippen LogP contribution in [-0.4, -0.2) is 24.7 Å². The first-order chi connectivity index (χ1) is 15.1. The van der Waals surface area contributed by atoms with Gasteiger partial charge in [-0.25, -0.2) is 0 Å². The number of nitrogens with one attached hydrogen (secondary N) is 1. The summed E-state index contributed by atoms with van der Waals surface area (Å²) >= 11 is 6.18. The van der Waals surface area contributed by atoms with E-state index in [0.29, 0.717) is 23.8 Å². The number of carbonyl (C=O) groups excluding carboxylic acids is 1. The SMILES string of the molecule is Cc1ccc(N2C(=O)C3=C(C(c4ccccc4)=NCCN3)[C@H]2c2ccc(Cl)cc2)cc1. The number of halogens is 1. The zero-order chi connectivity index (χ0) is 21.4. The minimum absolute atomic E-state index is 0.0377. The van der Waals surface area contributed by atoms with Gasteiger partial charge in [0.1, 0.15) is 5.70 Å². The van der Waals surface area contributed by atoms with Crippen molar-refractivity contribution in [1.82, 2.24) is 5.32 Å². The van der Waals surface area contributed by atoms with Gasteiger partial charge < -0.3 is 5.32 Å². The Labute approximate surface area is 186 Å². The van der Waals surface area contributed by atoms with Crippen LogP contribution in [0.2, 0.25) is 5.02 Å². The molecule has 1 amide bonds. The summed E-state index contributed by atoms with van der Waals surface area (Å²) in [4.78, 5) is 20.5. The van der Waals surface area contributed by atoms with E-state index in [1.54, 1.807) is 0 Å². The predicted octanol–water partition coefficient (Wildman–Crippen LogP) is 5.08. The Morgan fingerprint density at radius 1 is 0.968 bits per heavy atom. The summed E-state index contributed by atoms with van der Waals surface area (Å²) in [7, 11) is 0. The monoisotopic (exact) mass is 427 g/mol. The summed E-state index contributed by atoms with van der Waals surface area (Å²) < 4.78 is 0. The van der Waals surface area contributed by atoms with Crippen LogP contribution in [0, 0.1) is 6.92 Å². The zero-order valence-electron chi connectivity index (χ0n) is 17.2. The third kappa shape index (κ3) is 3.53. The van der Waals surface area contributed by atoms with Gasteiger partial charge in [0.15, 0.2) is 0 Å². The lowest BCUT2D eigenvalue weighted by molar-refractivity contribution is -0.115. The molecule has 4 nitrogen and oxygen atoms in total. The molecule has 0 unspecified atom stereocenters. The van der Waals surface area contributed by atoms with Gasteiger partial charge in [-0.3, -0.25) is 14.7 Å². The van der Waals surface area contributed by atoms with Crippen molar-refractivity contribution in [1.29, 1.82) is 0 Å². The molecule has 5 rings (SSSR count). The Hall–Kier alpha value is -3.37. The normalized spacial score (nSPS) is 18.4. The first kappa shape index (κ1) is 19.6. The van der Waals surface area contributed by atoms with Crippen molar-refractivity contribution >= 4 is 28.9 Å². The van der Waals surface area contributed by atoms with Crippen LogP contribution >= 0.6 is 11.6 Å². The van der Waals surface area contributed by atoms with Crippen molar-refractivity contribution in [2.24, 2.45) is 4.99 Å². The number of benzene rings is 3. The Bertz CT molecular complexity index is 1180. The zero-order valence-corrected chi connectivity index (χ0v) is 17.9. The Balaban J connectivity index is 1.72. The predicted molar refractivity (Wildman–Crippen MR) is 126 cm³/mol. The summed E-state index contributed by atoms with van der Waals surface area (Å²) in [5.41, 5.74) is 6.42. The molecule has 1 N–H and O–H groups in total. The summed E-state index contributed by atoms with van der Waals surface area (Å²) in [6.07, 6.45) is 0. The first-order valence-corrected chi connectivity index (χ1v) is 10.8. The molecule has 2 heterocycles. The maximum absolute atomic E-state index is 13.7. The summed E-state index contributed by atoms with van der Waals surface area (Å²) in [6, 6.07) is 25.6. The molecular formula is C26H22ClN3O. The minimum Gasteiger partial charge on any atom is -0.378 e. The molecule has 3 aromatic rings. The van der Waals surface area contributed by atoms with Crippen molar-refractivity contribution < 1.29 is 4.79 Å². The third-order valence-electron chi connectivity index (χ3n) is 5.72. The molecule has 154 valence electrons. The quantitative estimate of drug-likeness (QED) is 0.633. The highest BCUT2D eigenvalue weighted by Gasteiger charge is 2.43. The van der Waals surface area contributed by atoms with Gasteiger partial charge in [0, 0.05) is 28.4 Å². The van der Waals surface area contributed by atoms with Crippen molar-refractivity contribution in [3.8, 4) is 0 Å². The summed E-state index contributed by atoms with van der Waals surface area (Å²) in [5.74, 6) is -0.0377. The molecule has 0 fully saturated rings. The van der Waals surface area contributed by atoms with Gasteiger partial charge in [-0.15, -0.1) is 0 Å². The van der Waals surface area contributed by atoms with E-state index >= 15 is 0 Å². The second kappa shape index (κ2) is 8.05. The number of nitrogens with zero attached hydrogens (tertiary/aromatic N) is 2. The second-order valence-electron chi connectivity index (χ2n) is 7.78. The van der Waals surface area contributed by atoms with E-state index in [-0.39, 0.29) is 11.9 Å². The molecule has 31 heavy (non-hydrogen) atoms. The molecule has 0 aromatic heterocycles. The van der Waals surface area contributed by atoms with Gasteiger partial charge >= 0.3 is 0 Å². The van der Waals surface area contributed by atoms with E-state index in [1.165, 1.54) is 0 Å². The van der Waals surface area contributed by atoms with Crippen LogP contribution in [0.25, 0.3) is 0 Å². The van der Waals surface area contributed by atoms with Gasteiger partial charge in [0.25, 0.3) is 5.91 Å². The topological polar surface area (TPSA) is 44.7 Å². The van der Waals surface area contributed by atoms with Crippen LogP contribution in [0.1, 0.15) is 22.7 Å². The van der Waals surface area contributed by atoms with Crippen molar-refractivity contribution in [2.45, 2.75) is 13.0 Å².